The molecular weight excluding hydrogens is 378 g/mol. The lowest BCUT2D eigenvalue weighted by atomic mass is 9.86. The molecule has 0 aliphatic rings. The smallest absolute Gasteiger partial charge is 0.226 e. The van der Waals surface area contributed by atoms with Gasteiger partial charge in [-0.15, -0.1) is 0 Å². The Balaban J connectivity index is 1.39. The van der Waals surface area contributed by atoms with Crippen LogP contribution in [0.3, 0.4) is 0 Å². The Bertz CT molecular complexity index is 1340. The minimum absolute atomic E-state index is 0.137. The Labute approximate surface area is 183 Å². The predicted molar refractivity (Wildman–Crippen MR) is 129 cm³/mol. The van der Waals surface area contributed by atoms with E-state index in [4.69, 9.17) is 4.42 Å². The first kappa shape index (κ1) is 19.3. The topological polar surface area (TPSA) is 26.0 Å². The van der Waals surface area contributed by atoms with Crippen LogP contribution < -0.4 is 0 Å². The van der Waals surface area contributed by atoms with Crippen LogP contribution in [0.15, 0.2) is 102 Å². The summed E-state index contributed by atoms with van der Waals surface area (Å²) in [6, 6.07) is 31.9. The van der Waals surface area contributed by atoms with Gasteiger partial charge in [0.1, 0.15) is 0 Å². The van der Waals surface area contributed by atoms with Crippen LogP contribution in [0.25, 0.3) is 44.7 Å². The number of aromatic nitrogens is 1. The molecule has 0 atom stereocenters. The second kappa shape index (κ2) is 7.55. The molecule has 4 aromatic carbocycles. The average molecular weight is 404 g/mol. The molecular formula is C29H25NO. The van der Waals surface area contributed by atoms with Gasteiger partial charge in [0.2, 0.25) is 5.89 Å². The molecule has 0 bridgehead atoms. The van der Waals surface area contributed by atoms with E-state index in [2.05, 4.69) is 117 Å². The Morgan fingerprint density at radius 2 is 1.23 bits per heavy atom. The zero-order valence-corrected chi connectivity index (χ0v) is 18.1. The van der Waals surface area contributed by atoms with Gasteiger partial charge in [0.25, 0.3) is 0 Å². The monoisotopic (exact) mass is 403 g/mol. The molecule has 5 aromatic rings. The molecule has 0 saturated heterocycles. The summed E-state index contributed by atoms with van der Waals surface area (Å²) in [6.07, 6.45) is 1.80. The van der Waals surface area contributed by atoms with Gasteiger partial charge < -0.3 is 4.42 Å². The number of hydrogen-bond acceptors (Lipinski definition) is 2. The zero-order chi connectivity index (χ0) is 21.4. The van der Waals surface area contributed by atoms with Gasteiger partial charge >= 0.3 is 0 Å². The van der Waals surface area contributed by atoms with E-state index in [9.17, 15) is 0 Å². The molecule has 0 aliphatic carbocycles. The molecule has 0 spiro atoms. The van der Waals surface area contributed by atoms with Crippen LogP contribution >= 0.6 is 0 Å². The number of nitrogens with zero attached hydrogens (tertiary/aromatic N) is 1. The van der Waals surface area contributed by atoms with Crippen molar-refractivity contribution in [3.63, 3.8) is 0 Å². The summed E-state index contributed by atoms with van der Waals surface area (Å²) < 4.78 is 6.07. The van der Waals surface area contributed by atoms with Crippen LogP contribution in [0.1, 0.15) is 26.3 Å². The molecule has 0 unspecified atom stereocenters. The van der Waals surface area contributed by atoms with Crippen molar-refractivity contribution in [3.8, 4) is 33.9 Å². The molecule has 1 aromatic heterocycles. The van der Waals surface area contributed by atoms with Gasteiger partial charge in [-0.05, 0) is 51.1 Å². The van der Waals surface area contributed by atoms with Crippen molar-refractivity contribution in [2.24, 2.45) is 0 Å². The molecule has 0 amide bonds. The molecule has 152 valence electrons. The lowest BCUT2D eigenvalue weighted by molar-refractivity contribution is 0.585. The highest BCUT2D eigenvalue weighted by Gasteiger charge is 2.14. The van der Waals surface area contributed by atoms with E-state index in [1.165, 1.54) is 27.5 Å². The number of oxazole rings is 1. The Hall–Kier alpha value is -3.65. The van der Waals surface area contributed by atoms with Gasteiger partial charge in [-0.25, -0.2) is 4.98 Å². The van der Waals surface area contributed by atoms with E-state index in [1.807, 2.05) is 0 Å². The summed E-state index contributed by atoms with van der Waals surface area (Å²) in [5.74, 6) is 1.43. The normalized spacial score (nSPS) is 11.7. The van der Waals surface area contributed by atoms with E-state index >= 15 is 0 Å². The summed E-state index contributed by atoms with van der Waals surface area (Å²) >= 11 is 0. The predicted octanol–water partition coefficient (Wildman–Crippen LogP) is 8.13. The maximum Gasteiger partial charge on any atom is 0.226 e. The quantitative estimate of drug-likeness (QED) is 0.304. The summed E-state index contributed by atoms with van der Waals surface area (Å²) in [7, 11) is 0. The van der Waals surface area contributed by atoms with Crippen LogP contribution in [0, 0.1) is 0 Å². The zero-order valence-electron chi connectivity index (χ0n) is 18.1. The van der Waals surface area contributed by atoms with E-state index in [0.717, 1.165) is 16.9 Å². The first-order valence-electron chi connectivity index (χ1n) is 10.6. The van der Waals surface area contributed by atoms with Gasteiger partial charge in [0.15, 0.2) is 5.76 Å². The fraction of sp³-hybridized carbons (Fsp3) is 0.138. The summed E-state index contributed by atoms with van der Waals surface area (Å²) in [5.41, 5.74) is 5.84. The Morgan fingerprint density at radius 3 is 1.94 bits per heavy atom. The Kier molecular flexibility index (Phi) is 4.71. The third-order valence-electron chi connectivity index (χ3n) is 5.76. The standard InChI is InChI=1S/C29H25NO/c1-29(2,3)26-16-14-22(15-17-26)27-19-30-28(31-27)23-11-8-21(9-12-23)25-13-10-20-6-4-5-7-24(20)18-25/h4-19H,1-3H3. The van der Waals surface area contributed by atoms with E-state index in [-0.39, 0.29) is 5.41 Å². The number of fused-ring (bicyclic) bond motifs is 1. The first-order valence-corrected chi connectivity index (χ1v) is 10.6. The maximum atomic E-state index is 6.07. The minimum atomic E-state index is 0.137. The van der Waals surface area contributed by atoms with Crippen molar-refractivity contribution in [2.75, 3.05) is 0 Å². The second-order valence-electron chi connectivity index (χ2n) is 9.00. The van der Waals surface area contributed by atoms with Gasteiger partial charge in [0, 0.05) is 11.1 Å². The summed E-state index contributed by atoms with van der Waals surface area (Å²) in [4.78, 5) is 4.51. The van der Waals surface area contributed by atoms with E-state index in [1.54, 1.807) is 6.20 Å². The lowest BCUT2D eigenvalue weighted by Gasteiger charge is -2.18. The minimum Gasteiger partial charge on any atom is -0.436 e. The molecule has 5 rings (SSSR count). The molecule has 31 heavy (non-hydrogen) atoms. The second-order valence-corrected chi connectivity index (χ2v) is 9.00. The summed E-state index contributed by atoms with van der Waals surface area (Å²) in [6.45, 7) is 6.66. The third-order valence-corrected chi connectivity index (χ3v) is 5.76. The largest absolute Gasteiger partial charge is 0.436 e. The fourth-order valence-electron chi connectivity index (χ4n) is 3.85. The average Bonchev–Trinajstić information content (AvgIpc) is 3.29. The highest BCUT2D eigenvalue weighted by molar-refractivity contribution is 5.87. The number of benzene rings is 4. The fourth-order valence-corrected chi connectivity index (χ4v) is 3.85. The van der Waals surface area contributed by atoms with Crippen molar-refractivity contribution in [1.82, 2.24) is 4.98 Å². The molecule has 2 heteroatoms. The number of rotatable bonds is 3. The van der Waals surface area contributed by atoms with Gasteiger partial charge in [-0.3, -0.25) is 0 Å². The van der Waals surface area contributed by atoms with Crippen molar-refractivity contribution >= 4 is 10.8 Å². The molecule has 0 N–H and O–H groups in total. The summed E-state index contributed by atoms with van der Waals surface area (Å²) in [5, 5.41) is 2.50. The van der Waals surface area contributed by atoms with Crippen molar-refractivity contribution in [2.45, 2.75) is 26.2 Å². The Morgan fingerprint density at radius 1 is 0.613 bits per heavy atom. The highest BCUT2D eigenvalue weighted by Crippen LogP contribution is 2.31. The SMILES string of the molecule is CC(C)(C)c1ccc(-c2cnc(-c3ccc(-c4ccc5ccccc5c4)cc3)o2)cc1. The van der Waals surface area contributed by atoms with Gasteiger partial charge in [-0.2, -0.15) is 0 Å². The van der Waals surface area contributed by atoms with Crippen LogP contribution in [0.5, 0.6) is 0 Å². The van der Waals surface area contributed by atoms with Crippen LogP contribution in [-0.4, -0.2) is 4.98 Å². The number of hydrogen-bond donors (Lipinski definition) is 0. The molecule has 1 heterocycles. The van der Waals surface area contributed by atoms with E-state index < -0.39 is 0 Å². The lowest BCUT2D eigenvalue weighted by Crippen LogP contribution is -2.10. The molecule has 0 radical (unpaired) electrons. The van der Waals surface area contributed by atoms with Crippen molar-refractivity contribution in [1.29, 1.82) is 0 Å². The third kappa shape index (κ3) is 3.89. The van der Waals surface area contributed by atoms with E-state index in [0.29, 0.717) is 5.89 Å². The highest BCUT2D eigenvalue weighted by atomic mass is 16.4. The first-order chi connectivity index (χ1) is 15.0. The molecule has 0 fully saturated rings. The van der Waals surface area contributed by atoms with Gasteiger partial charge in [-0.1, -0.05) is 93.6 Å². The van der Waals surface area contributed by atoms with Crippen LogP contribution in [-0.2, 0) is 5.41 Å². The van der Waals surface area contributed by atoms with Crippen LogP contribution in [0.2, 0.25) is 0 Å². The molecule has 0 saturated carbocycles. The molecule has 2 nitrogen and oxygen atoms in total. The van der Waals surface area contributed by atoms with Crippen molar-refractivity contribution < 1.29 is 4.42 Å². The maximum absolute atomic E-state index is 6.07. The van der Waals surface area contributed by atoms with Crippen molar-refractivity contribution in [3.05, 3.63) is 103 Å². The van der Waals surface area contributed by atoms with Gasteiger partial charge in [0.05, 0.1) is 6.20 Å². The van der Waals surface area contributed by atoms with Crippen LogP contribution in [0.4, 0.5) is 0 Å². The molecule has 0 aliphatic heterocycles.